The number of aromatic nitrogens is 2. The molecule has 0 atom stereocenters. The van der Waals surface area contributed by atoms with Crippen molar-refractivity contribution in [2.45, 2.75) is 0 Å². The highest BCUT2D eigenvalue weighted by molar-refractivity contribution is 5.88. The first-order valence-electron chi connectivity index (χ1n) is 5.55. The number of hydrogen-bond donors (Lipinski definition) is 1. The largest absolute Gasteiger partial charge is 0.480 e. The summed E-state index contributed by atoms with van der Waals surface area (Å²) < 4.78 is 24.0. The number of carbonyl (C=O) groups is 1. The number of ether oxygens (including phenoxy) is 2. The maximum Gasteiger partial charge on any atom is 0.335 e. The molecule has 20 heavy (non-hydrogen) atoms. The molecule has 0 bridgehead atoms. The lowest BCUT2D eigenvalue weighted by Crippen LogP contribution is -2.00. The first kappa shape index (κ1) is 13.7. The van der Waals surface area contributed by atoms with Crippen molar-refractivity contribution in [3.63, 3.8) is 0 Å². The number of aromatic carboxylic acids is 1. The van der Waals surface area contributed by atoms with E-state index in [1.54, 1.807) is 0 Å². The average Bonchev–Trinajstić information content (AvgIpc) is 2.46. The van der Waals surface area contributed by atoms with Crippen LogP contribution in [-0.4, -0.2) is 35.5 Å². The van der Waals surface area contributed by atoms with Gasteiger partial charge in [0.15, 0.2) is 0 Å². The van der Waals surface area contributed by atoms with Gasteiger partial charge in [0.1, 0.15) is 5.82 Å². The van der Waals surface area contributed by atoms with E-state index in [4.69, 9.17) is 14.6 Å². The van der Waals surface area contributed by atoms with Crippen molar-refractivity contribution in [1.29, 1.82) is 0 Å². The molecule has 0 aliphatic rings. The zero-order chi connectivity index (χ0) is 14.7. The van der Waals surface area contributed by atoms with E-state index in [-0.39, 0.29) is 22.9 Å². The third kappa shape index (κ3) is 2.51. The molecule has 1 aromatic carbocycles. The van der Waals surface area contributed by atoms with Gasteiger partial charge in [0.05, 0.1) is 25.3 Å². The molecule has 6 nitrogen and oxygen atoms in total. The van der Waals surface area contributed by atoms with Crippen LogP contribution in [0, 0.1) is 5.82 Å². The summed E-state index contributed by atoms with van der Waals surface area (Å²) in [5.41, 5.74) is 0.341. The summed E-state index contributed by atoms with van der Waals surface area (Å²) in [5, 5.41) is 16.3. The Hall–Kier alpha value is -2.70. The Balaban J connectivity index is 2.58. The fourth-order valence-electron chi connectivity index (χ4n) is 1.67. The molecule has 0 amide bonds. The molecule has 2 rings (SSSR count). The highest BCUT2D eigenvalue weighted by atomic mass is 19.1. The van der Waals surface area contributed by atoms with Gasteiger partial charge in [-0.25, -0.2) is 9.18 Å². The van der Waals surface area contributed by atoms with E-state index in [9.17, 15) is 9.18 Å². The lowest BCUT2D eigenvalue weighted by Gasteiger charge is -2.09. The van der Waals surface area contributed by atoms with Crippen LogP contribution < -0.4 is 9.47 Å². The SMILES string of the molecule is COc1cc(-c2ccc(C(=O)O)cc2F)c(OC)nn1. The number of hydrogen-bond acceptors (Lipinski definition) is 5. The van der Waals surface area contributed by atoms with Gasteiger partial charge in [-0.05, 0) is 12.1 Å². The first-order chi connectivity index (χ1) is 9.56. The topological polar surface area (TPSA) is 81.5 Å². The molecule has 2 aromatic rings. The summed E-state index contributed by atoms with van der Waals surface area (Å²) in [6.07, 6.45) is 0. The molecule has 0 saturated heterocycles. The van der Waals surface area contributed by atoms with Crippen LogP contribution in [0.25, 0.3) is 11.1 Å². The van der Waals surface area contributed by atoms with E-state index in [1.165, 1.54) is 32.4 Å². The number of benzene rings is 1. The quantitative estimate of drug-likeness (QED) is 0.921. The lowest BCUT2D eigenvalue weighted by atomic mass is 10.0. The molecule has 0 fully saturated rings. The molecule has 0 radical (unpaired) electrons. The number of rotatable bonds is 4. The molecule has 1 heterocycles. The maximum atomic E-state index is 14.0. The molecule has 0 unspecified atom stereocenters. The Morgan fingerprint density at radius 1 is 1.15 bits per heavy atom. The van der Waals surface area contributed by atoms with E-state index >= 15 is 0 Å². The minimum Gasteiger partial charge on any atom is -0.480 e. The number of halogens is 1. The van der Waals surface area contributed by atoms with Crippen molar-refractivity contribution >= 4 is 5.97 Å². The fourth-order valence-corrected chi connectivity index (χ4v) is 1.67. The van der Waals surface area contributed by atoms with E-state index < -0.39 is 11.8 Å². The number of carboxylic acids is 1. The Kier molecular flexibility index (Phi) is 3.79. The van der Waals surface area contributed by atoms with Crippen LogP contribution in [0.2, 0.25) is 0 Å². The van der Waals surface area contributed by atoms with Gasteiger partial charge < -0.3 is 14.6 Å². The number of methoxy groups -OCH3 is 2. The second-order valence-electron chi connectivity index (χ2n) is 3.81. The van der Waals surface area contributed by atoms with Crippen LogP contribution in [0.5, 0.6) is 11.8 Å². The highest BCUT2D eigenvalue weighted by Crippen LogP contribution is 2.32. The van der Waals surface area contributed by atoms with Gasteiger partial charge in [0, 0.05) is 11.6 Å². The lowest BCUT2D eigenvalue weighted by molar-refractivity contribution is 0.0696. The van der Waals surface area contributed by atoms with Gasteiger partial charge in [-0.1, -0.05) is 6.07 Å². The van der Waals surface area contributed by atoms with E-state index in [0.717, 1.165) is 6.07 Å². The average molecular weight is 278 g/mol. The van der Waals surface area contributed by atoms with E-state index in [0.29, 0.717) is 5.56 Å². The Morgan fingerprint density at radius 3 is 2.45 bits per heavy atom. The molecule has 0 aliphatic heterocycles. The zero-order valence-electron chi connectivity index (χ0n) is 10.8. The molecule has 0 saturated carbocycles. The summed E-state index contributed by atoms with van der Waals surface area (Å²) in [7, 11) is 2.79. The smallest absolute Gasteiger partial charge is 0.335 e. The van der Waals surface area contributed by atoms with Crippen LogP contribution in [0.4, 0.5) is 4.39 Å². The van der Waals surface area contributed by atoms with Gasteiger partial charge in [0.25, 0.3) is 0 Å². The predicted octanol–water partition coefficient (Wildman–Crippen LogP) is 2.00. The van der Waals surface area contributed by atoms with Crippen molar-refractivity contribution < 1.29 is 23.8 Å². The summed E-state index contributed by atoms with van der Waals surface area (Å²) in [5.74, 6) is -1.58. The summed E-state index contributed by atoms with van der Waals surface area (Å²) in [4.78, 5) is 10.8. The van der Waals surface area contributed by atoms with Gasteiger partial charge in [-0.2, -0.15) is 0 Å². The highest BCUT2D eigenvalue weighted by Gasteiger charge is 2.16. The number of nitrogens with zero attached hydrogens (tertiary/aromatic N) is 2. The van der Waals surface area contributed by atoms with Crippen LogP contribution in [0.3, 0.4) is 0 Å². The Labute approximate surface area is 113 Å². The van der Waals surface area contributed by atoms with E-state index in [2.05, 4.69) is 10.2 Å². The Morgan fingerprint density at radius 2 is 1.90 bits per heavy atom. The zero-order valence-corrected chi connectivity index (χ0v) is 10.8. The summed E-state index contributed by atoms with van der Waals surface area (Å²) in [6, 6.07) is 5.04. The van der Waals surface area contributed by atoms with Crippen molar-refractivity contribution in [2.75, 3.05) is 14.2 Å². The van der Waals surface area contributed by atoms with Gasteiger partial charge >= 0.3 is 5.97 Å². The summed E-state index contributed by atoms with van der Waals surface area (Å²) >= 11 is 0. The van der Waals surface area contributed by atoms with Crippen molar-refractivity contribution in [2.24, 2.45) is 0 Å². The van der Waals surface area contributed by atoms with Gasteiger partial charge in [-0.15, -0.1) is 10.2 Å². The van der Waals surface area contributed by atoms with Crippen LogP contribution in [0.1, 0.15) is 10.4 Å². The second kappa shape index (κ2) is 5.52. The summed E-state index contributed by atoms with van der Waals surface area (Å²) in [6.45, 7) is 0. The third-order valence-corrected chi connectivity index (χ3v) is 2.65. The second-order valence-corrected chi connectivity index (χ2v) is 3.81. The van der Waals surface area contributed by atoms with Crippen molar-refractivity contribution in [1.82, 2.24) is 10.2 Å². The molecule has 0 spiro atoms. The molecule has 0 aliphatic carbocycles. The standard InChI is InChI=1S/C13H11FN2O4/c1-19-11-6-9(12(20-2)16-15-11)8-4-3-7(13(17)18)5-10(8)14/h3-6H,1-2H3,(H,17,18). The first-order valence-corrected chi connectivity index (χ1v) is 5.55. The molecule has 1 aromatic heterocycles. The van der Waals surface area contributed by atoms with Gasteiger partial charge in [-0.3, -0.25) is 0 Å². The monoisotopic (exact) mass is 278 g/mol. The van der Waals surface area contributed by atoms with Gasteiger partial charge in [0.2, 0.25) is 11.8 Å². The molecule has 7 heteroatoms. The van der Waals surface area contributed by atoms with E-state index in [1.807, 2.05) is 0 Å². The van der Waals surface area contributed by atoms with Crippen LogP contribution >= 0.6 is 0 Å². The van der Waals surface area contributed by atoms with Crippen molar-refractivity contribution in [3.05, 3.63) is 35.6 Å². The molecule has 104 valence electrons. The van der Waals surface area contributed by atoms with Crippen LogP contribution in [-0.2, 0) is 0 Å². The fraction of sp³-hybridized carbons (Fsp3) is 0.154. The molecular weight excluding hydrogens is 267 g/mol. The van der Waals surface area contributed by atoms with Crippen LogP contribution in [0.15, 0.2) is 24.3 Å². The Bertz CT molecular complexity index is 661. The molecule has 1 N–H and O–H groups in total. The van der Waals surface area contributed by atoms with Crippen molar-refractivity contribution in [3.8, 4) is 22.9 Å². The normalized spacial score (nSPS) is 10.2. The third-order valence-electron chi connectivity index (χ3n) is 2.65. The minimum absolute atomic E-state index is 0.118. The maximum absolute atomic E-state index is 14.0. The predicted molar refractivity (Wildman–Crippen MR) is 67.5 cm³/mol. The minimum atomic E-state index is -1.20. The number of carboxylic acid groups (broad SMARTS) is 1. The molecular formula is C13H11FN2O4.